The van der Waals surface area contributed by atoms with Crippen LogP contribution in [0.25, 0.3) is 10.9 Å². The van der Waals surface area contributed by atoms with Crippen LogP contribution in [0.3, 0.4) is 0 Å². The molecule has 2 amide bonds. The quantitative estimate of drug-likeness (QED) is 0.122. The Morgan fingerprint density at radius 1 is 1.07 bits per heavy atom. The summed E-state index contributed by atoms with van der Waals surface area (Å²) in [4.78, 5) is 12.6. The van der Waals surface area contributed by atoms with E-state index < -0.39 is 15.6 Å². The summed E-state index contributed by atoms with van der Waals surface area (Å²) < 4.78 is 66.4. The molecule has 1 aromatic heterocycles. The largest absolute Gasteiger partial charge is 0.741 e. The van der Waals surface area contributed by atoms with Crippen LogP contribution in [0.15, 0.2) is 48.5 Å². The van der Waals surface area contributed by atoms with Crippen LogP contribution < -0.4 is 20.5 Å². The number of nitrogens with one attached hydrogen (secondary N) is 3. The van der Waals surface area contributed by atoms with E-state index in [2.05, 4.69) is 32.5 Å². The Labute approximate surface area is 240 Å². The monoisotopic (exact) mass is 608 g/mol. The van der Waals surface area contributed by atoms with Gasteiger partial charge in [0.2, 0.25) is 12.1 Å². The summed E-state index contributed by atoms with van der Waals surface area (Å²) in [6, 6.07) is 15.1. The number of benzene rings is 2. The van der Waals surface area contributed by atoms with Crippen molar-refractivity contribution in [3.05, 3.63) is 59.8 Å². The molecule has 0 atom stereocenters. The van der Waals surface area contributed by atoms with Gasteiger partial charge in [0.15, 0.2) is 15.8 Å². The van der Waals surface area contributed by atoms with Gasteiger partial charge in [0, 0.05) is 40.5 Å². The average molecular weight is 609 g/mol. The second-order valence-electron chi connectivity index (χ2n) is 8.79. The van der Waals surface area contributed by atoms with Crippen LogP contribution in [-0.2, 0) is 34.2 Å². The van der Waals surface area contributed by atoms with Gasteiger partial charge in [-0.2, -0.15) is 17.7 Å². The maximum absolute atomic E-state index is 12.6. The second-order valence-corrected chi connectivity index (χ2v) is 10.5. The molecule has 0 bridgehead atoms. The van der Waals surface area contributed by atoms with Crippen LogP contribution in [0.1, 0.15) is 31.0 Å². The van der Waals surface area contributed by atoms with E-state index in [0.29, 0.717) is 24.0 Å². The first kappa shape index (κ1) is 31.6. The summed E-state index contributed by atoms with van der Waals surface area (Å²) in [6.45, 7) is 2.90. The fourth-order valence-electron chi connectivity index (χ4n) is 4.23. The van der Waals surface area contributed by atoms with E-state index in [-0.39, 0.29) is 6.03 Å². The number of halogens is 3. The number of pyridine rings is 1. The molecule has 2 aromatic carbocycles. The Morgan fingerprint density at radius 2 is 1.68 bits per heavy atom. The van der Waals surface area contributed by atoms with Crippen LogP contribution in [0.4, 0.5) is 35.0 Å². The zero-order valence-corrected chi connectivity index (χ0v) is 23.5. The van der Waals surface area contributed by atoms with Gasteiger partial charge in [0.25, 0.3) is 5.17 Å². The van der Waals surface area contributed by atoms with E-state index in [4.69, 9.17) is 36.3 Å². The molecular weight excluding hydrogens is 581 g/mol. The number of aryl methyl sites for hydroxylation is 1. The molecule has 0 unspecified atom stereocenters. The number of alkyl halides is 3. The molecule has 0 saturated heterocycles. The maximum atomic E-state index is 12.6. The standard InChI is InChI=1S/C26H26N4O2S.CHF3O3S/c1-3-14-30-23-11-6-5-8-18(23)15-19-16-22(12-13-24(19)30)28-25(31)27-20-9-7-10-21(17-20)29-26(33)32-4-2;2-1(3,4)8(5,6)7/h1,7,9-10,12-13,15-17H,4-6,8,11,14H2,2H3,(H2-,27,28,29,31,33);(H,5,6,7). The molecule has 1 aliphatic rings. The molecule has 0 aliphatic heterocycles. The molecular formula is C27H27F3N4O5S2. The predicted molar refractivity (Wildman–Crippen MR) is 152 cm³/mol. The number of thiocarbonyl (C=S) groups is 1. The summed E-state index contributed by atoms with van der Waals surface area (Å²) in [5.41, 5.74) is 0.214. The Bertz CT molecular complexity index is 1590. The van der Waals surface area contributed by atoms with Crippen molar-refractivity contribution in [1.29, 1.82) is 0 Å². The lowest BCUT2D eigenvalue weighted by Crippen LogP contribution is -2.41. The number of fused-ring (bicyclic) bond motifs is 2. The third-order valence-corrected chi connectivity index (χ3v) is 6.67. The Morgan fingerprint density at radius 3 is 2.29 bits per heavy atom. The summed E-state index contributed by atoms with van der Waals surface area (Å²) in [6.07, 6.45) is 10.2. The number of rotatable bonds is 5. The fraction of sp³-hybridized carbons (Fsp3) is 0.296. The minimum Gasteiger partial charge on any atom is -0.741 e. The first-order chi connectivity index (χ1) is 19.3. The van der Waals surface area contributed by atoms with Crippen molar-refractivity contribution in [2.45, 2.75) is 44.7 Å². The lowest BCUT2D eigenvalue weighted by atomic mass is 9.94. The number of carbonyl (C=O) groups excluding carboxylic acids is 1. The number of nitrogens with zero attached hydrogens (tertiary/aromatic N) is 1. The van der Waals surface area contributed by atoms with Crippen molar-refractivity contribution < 1.29 is 40.2 Å². The third-order valence-electron chi connectivity index (χ3n) is 5.89. The topological polar surface area (TPSA) is 123 Å². The van der Waals surface area contributed by atoms with Crippen molar-refractivity contribution in [1.82, 2.24) is 0 Å². The van der Waals surface area contributed by atoms with Gasteiger partial charge < -0.3 is 25.2 Å². The minimum absolute atomic E-state index is 0.291. The van der Waals surface area contributed by atoms with Crippen molar-refractivity contribution in [2.24, 2.45) is 0 Å². The maximum Gasteiger partial charge on any atom is 0.485 e. The smallest absolute Gasteiger partial charge is 0.485 e. The average Bonchev–Trinajstić information content (AvgIpc) is 2.88. The molecule has 1 aliphatic carbocycles. The van der Waals surface area contributed by atoms with Crippen molar-refractivity contribution >= 4 is 61.5 Å². The summed E-state index contributed by atoms with van der Waals surface area (Å²) in [5.74, 6) is 2.79. The minimum atomic E-state index is -6.09. The Balaban J connectivity index is 0.000000507. The van der Waals surface area contributed by atoms with E-state index in [9.17, 15) is 18.0 Å². The fourth-order valence-corrected chi connectivity index (χ4v) is 4.46. The molecule has 41 heavy (non-hydrogen) atoms. The molecule has 0 radical (unpaired) electrons. The van der Waals surface area contributed by atoms with Gasteiger partial charge >= 0.3 is 11.5 Å². The van der Waals surface area contributed by atoms with Crippen LogP contribution in [0.5, 0.6) is 0 Å². The molecule has 9 nitrogen and oxygen atoms in total. The highest BCUT2D eigenvalue weighted by Crippen LogP contribution is 2.25. The van der Waals surface area contributed by atoms with Crippen molar-refractivity contribution in [3.8, 4) is 12.3 Å². The number of terminal acetylenes is 1. The van der Waals surface area contributed by atoms with E-state index in [1.54, 1.807) is 6.07 Å². The van der Waals surface area contributed by atoms with Crippen LogP contribution >= 0.6 is 12.2 Å². The number of urea groups is 1. The zero-order valence-electron chi connectivity index (χ0n) is 21.9. The van der Waals surface area contributed by atoms with Crippen LogP contribution in [0, 0.1) is 12.3 Å². The van der Waals surface area contributed by atoms with Crippen molar-refractivity contribution in [2.75, 3.05) is 22.6 Å². The number of hydrogen-bond donors (Lipinski definition) is 3. The van der Waals surface area contributed by atoms with Gasteiger partial charge in [-0.05, 0) is 80.7 Å². The van der Waals surface area contributed by atoms with Crippen LogP contribution in [-0.4, -0.2) is 36.3 Å². The SMILES string of the molecule is C#CC[n+]1c2c(cc3cc(NC(=O)Nc4cccc(NC(=S)OCC)c4)ccc31)CCCC2.O=S(=O)([O-])C(F)(F)F. The number of carbonyl (C=O) groups is 1. The normalized spacial score (nSPS) is 12.7. The lowest BCUT2D eigenvalue weighted by molar-refractivity contribution is -0.667. The van der Waals surface area contributed by atoms with E-state index >= 15 is 0 Å². The number of amides is 2. The molecule has 218 valence electrons. The van der Waals surface area contributed by atoms with E-state index in [0.717, 1.165) is 35.1 Å². The third kappa shape index (κ3) is 8.78. The molecule has 0 saturated carbocycles. The highest BCUT2D eigenvalue weighted by molar-refractivity contribution is 7.86. The van der Waals surface area contributed by atoms with Crippen LogP contribution in [0.2, 0.25) is 0 Å². The highest BCUT2D eigenvalue weighted by atomic mass is 32.2. The van der Waals surface area contributed by atoms with Gasteiger partial charge in [-0.25, -0.2) is 13.2 Å². The molecule has 1 heterocycles. The summed E-state index contributed by atoms with van der Waals surface area (Å²) in [7, 11) is -6.09. The van der Waals surface area contributed by atoms with Gasteiger partial charge in [-0.1, -0.05) is 6.07 Å². The highest BCUT2D eigenvalue weighted by Gasteiger charge is 2.37. The van der Waals surface area contributed by atoms with Gasteiger partial charge in [0.1, 0.15) is 0 Å². The molecule has 3 N–H and O–H groups in total. The molecule has 14 heteroatoms. The second kappa shape index (κ2) is 13.6. The molecule has 0 spiro atoms. The first-order valence-corrected chi connectivity index (χ1v) is 14.2. The van der Waals surface area contributed by atoms with Crippen molar-refractivity contribution in [3.63, 3.8) is 0 Å². The first-order valence-electron chi connectivity index (χ1n) is 12.4. The van der Waals surface area contributed by atoms with Gasteiger partial charge in [-0.3, -0.25) is 0 Å². The number of aromatic nitrogens is 1. The molecule has 0 fully saturated rings. The number of ether oxygens (including phenoxy) is 1. The number of hydrogen-bond acceptors (Lipinski definition) is 6. The Kier molecular flexibility index (Phi) is 10.5. The number of anilines is 3. The predicted octanol–water partition coefficient (Wildman–Crippen LogP) is 5.07. The van der Waals surface area contributed by atoms with Gasteiger partial charge in [0.05, 0.1) is 6.61 Å². The van der Waals surface area contributed by atoms with E-state index in [1.807, 2.05) is 43.3 Å². The van der Waals surface area contributed by atoms with E-state index in [1.165, 1.54) is 24.1 Å². The summed E-state index contributed by atoms with van der Waals surface area (Å²) in [5, 5.41) is 10.1. The van der Waals surface area contributed by atoms with Gasteiger partial charge in [-0.15, -0.1) is 6.42 Å². The Hall–Kier alpha value is -3.93. The molecule has 4 rings (SSSR count). The lowest BCUT2D eigenvalue weighted by Gasteiger charge is -2.16. The zero-order chi connectivity index (χ0) is 30.2. The summed E-state index contributed by atoms with van der Waals surface area (Å²) >= 11 is 5.11. The molecule has 3 aromatic rings.